The topological polar surface area (TPSA) is 215 Å². The van der Waals surface area contributed by atoms with Gasteiger partial charge in [-0.25, -0.2) is 9.59 Å². The minimum Gasteiger partial charge on any atom is -0.456 e. The van der Waals surface area contributed by atoms with Crippen LogP contribution in [0.5, 0.6) is 0 Å². The number of fused-ring (bicyclic) bond motifs is 5. The highest BCUT2D eigenvalue weighted by Crippen LogP contribution is 2.64. The van der Waals surface area contributed by atoms with Crippen molar-refractivity contribution in [3.8, 4) is 0 Å². The highest BCUT2D eigenvalue weighted by atomic mass is 16.6. The van der Waals surface area contributed by atoms with E-state index in [0.717, 1.165) is 6.92 Å². The minimum atomic E-state index is -2.35. The van der Waals surface area contributed by atoms with Crippen molar-refractivity contribution >= 4 is 29.6 Å². The van der Waals surface area contributed by atoms with Crippen molar-refractivity contribution in [2.75, 3.05) is 6.61 Å². The van der Waals surface area contributed by atoms with Crippen molar-refractivity contribution in [1.82, 2.24) is 5.32 Å². The number of benzene rings is 3. The van der Waals surface area contributed by atoms with Gasteiger partial charge in [-0.2, -0.15) is 0 Å². The van der Waals surface area contributed by atoms with Gasteiger partial charge < -0.3 is 44.7 Å². The largest absolute Gasteiger partial charge is 0.456 e. The molecule has 14 heteroatoms. The molecule has 0 aromatic heterocycles. The molecule has 59 heavy (non-hydrogen) atoms. The minimum absolute atomic E-state index is 0.0540. The molecule has 0 spiro atoms. The lowest BCUT2D eigenvalue weighted by Crippen LogP contribution is -2.81. The van der Waals surface area contributed by atoms with Gasteiger partial charge in [0, 0.05) is 30.7 Å². The summed E-state index contributed by atoms with van der Waals surface area (Å²) in [5.41, 5.74) is -6.86. The van der Waals surface area contributed by atoms with Crippen molar-refractivity contribution in [2.24, 2.45) is 16.7 Å². The average molecular weight is 812 g/mol. The molecule has 312 valence electrons. The number of aliphatic hydroxyl groups is 4. The molecule has 4 aliphatic rings. The van der Waals surface area contributed by atoms with Gasteiger partial charge in [0.25, 0.3) is 5.91 Å². The fourth-order valence-electron chi connectivity index (χ4n) is 9.94. The summed E-state index contributed by atoms with van der Waals surface area (Å²) in [5, 5.41) is 51.9. The predicted molar refractivity (Wildman–Crippen MR) is 208 cm³/mol. The molecule has 2 bridgehead atoms. The van der Waals surface area contributed by atoms with Crippen LogP contribution in [0.2, 0.25) is 0 Å². The molecule has 5 N–H and O–H groups in total. The fraction of sp³-hybridized carbons (Fsp3) is 0.444. The highest BCUT2D eigenvalue weighted by Gasteiger charge is 2.78. The lowest BCUT2D eigenvalue weighted by molar-refractivity contribution is -0.346. The summed E-state index contributed by atoms with van der Waals surface area (Å²) in [6.07, 6.45) is -10.5. The molecule has 3 aliphatic carbocycles. The van der Waals surface area contributed by atoms with Gasteiger partial charge in [-0.05, 0) is 54.8 Å². The Morgan fingerprint density at radius 2 is 1.44 bits per heavy atom. The van der Waals surface area contributed by atoms with Crippen molar-refractivity contribution in [1.29, 1.82) is 0 Å². The quantitative estimate of drug-likeness (QED) is 0.120. The molecule has 3 aromatic rings. The summed E-state index contributed by atoms with van der Waals surface area (Å²) in [7, 11) is 0. The SMILES string of the molecule is CC(=O)O[C@]12CO[C@H]1C[C@@H](O)[C@]1(C)C(=O)[C@@H](O)C3=C(C)[C@H](OC(=O)[C@@H](O)[C@H](NC(=O)c4ccccc4)c4ccccc4)C[C@](O)([C@H](OC(=O)c4ccccc4)[C@@H]21)C3(C)C. The van der Waals surface area contributed by atoms with Crippen LogP contribution in [0.4, 0.5) is 0 Å². The zero-order valence-electron chi connectivity index (χ0n) is 33.4. The van der Waals surface area contributed by atoms with E-state index in [1.54, 1.807) is 92.7 Å². The molecule has 14 nitrogen and oxygen atoms in total. The Kier molecular flexibility index (Phi) is 10.9. The van der Waals surface area contributed by atoms with Crippen LogP contribution in [-0.4, -0.2) is 104 Å². The lowest BCUT2D eigenvalue weighted by atomic mass is 9.44. The second-order valence-corrected chi connectivity index (χ2v) is 16.8. The Morgan fingerprint density at radius 3 is 2.00 bits per heavy atom. The first-order chi connectivity index (χ1) is 27.9. The average Bonchev–Trinajstić information content (AvgIpc) is 3.21. The maximum Gasteiger partial charge on any atom is 0.338 e. The Morgan fingerprint density at radius 1 is 0.864 bits per heavy atom. The van der Waals surface area contributed by atoms with Crippen LogP contribution in [0.15, 0.2) is 102 Å². The van der Waals surface area contributed by atoms with Gasteiger partial charge in [-0.3, -0.25) is 14.4 Å². The van der Waals surface area contributed by atoms with Gasteiger partial charge in [0.2, 0.25) is 0 Å². The zero-order valence-corrected chi connectivity index (χ0v) is 33.4. The van der Waals surface area contributed by atoms with Crippen LogP contribution in [0.25, 0.3) is 0 Å². The third-order valence-corrected chi connectivity index (χ3v) is 13.2. The van der Waals surface area contributed by atoms with Gasteiger partial charge in [0.05, 0.1) is 35.6 Å². The fourth-order valence-corrected chi connectivity index (χ4v) is 9.94. The molecule has 3 aromatic carbocycles. The number of esters is 3. The summed E-state index contributed by atoms with van der Waals surface area (Å²) in [5.74, 6) is -5.89. The number of amides is 1. The van der Waals surface area contributed by atoms with Crippen molar-refractivity contribution < 1.29 is 63.3 Å². The monoisotopic (exact) mass is 811 g/mol. The Labute approximate surface area is 341 Å². The second kappa shape index (κ2) is 15.4. The van der Waals surface area contributed by atoms with Crippen molar-refractivity contribution in [2.45, 2.75) is 101 Å². The van der Waals surface area contributed by atoms with E-state index in [1.165, 1.54) is 26.0 Å². The maximum absolute atomic E-state index is 15.0. The van der Waals surface area contributed by atoms with Crippen LogP contribution in [0.1, 0.15) is 79.8 Å². The molecule has 0 radical (unpaired) electrons. The van der Waals surface area contributed by atoms with E-state index in [-0.39, 0.29) is 35.3 Å². The molecule has 3 fully saturated rings. The van der Waals surface area contributed by atoms with E-state index < -0.39 is 107 Å². The van der Waals surface area contributed by atoms with Crippen molar-refractivity contribution in [3.05, 3.63) is 119 Å². The van der Waals surface area contributed by atoms with E-state index in [1.807, 2.05) is 0 Å². The molecule has 11 atom stereocenters. The second-order valence-electron chi connectivity index (χ2n) is 16.8. The number of rotatable bonds is 9. The normalized spacial score (nSPS) is 33.0. The molecule has 0 unspecified atom stereocenters. The van der Waals surface area contributed by atoms with Crippen LogP contribution in [-0.2, 0) is 33.3 Å². The number of carbonyl (C=O) groups excluding carboxylic acids is 5. The number of carbonyl (C=O) groups is 5. The van der Waals surface area contributed by atoms with Gasteiger partial charge in [0.15, 0.2) is 17.5 Å². The summed E-state index contributed by atoms with van der Waals surface area (Å²) >= 11 is 0. The van der Waals surface area contributed by atoms with Gasteiger partial charge >= 0.3 is 17.9 Å². The standard InChI is InChI=1S/C45H49NO13/c1-24-29(57-41(54)35(50)33(26-15-9-6-10-16-26)46-39(52)27-17-11-7-12-18-27)22-45(55)38(58-40(53)28-19-13-8-14-20-28)36-43(5,37(51)34(49)32(24)42(45,3)4)30(48)21-31-44(36,23-56-31)59-25(2)47/h6-20,29-31,33-36,38,48-50,55H,21-23H2,1-5H3,(H,46,52)/t29-,30-,31+,33-,34+,35+,36-,38-,43+,44-,45+/m1/s1. The Balaban J connectivity index is 1.34. The molecule has 7 rings (SSSR count). The summed E-state index contributed by atoms with van der Waals surface area (Å²) in [4.78, 5) is 69.5. The zero-order chi connectivity index (χ0) is 42.7. The third-order valence-electron chi connectivity index (χ3n) is 13.2. The number of ether oxygens (including phenoxy) is 4. The van der Waals surface area contributed by atoms with Gasteiger partial charge in [-0.1, -0.05) is 80.6 Å². The molecular formula is C45H49NO13. The summed E-state index contributed by atoms with van der Waals surface area (Å²) < 4.78 is 24.2. The van der Waals surface area contributed by atoms with Crippen LogP contribution >= 0.6 is 0 Å². The first-order valence-corrected chi connectivity index (χ1v) is 19.6. The number of ketones is 1. The number of hydrogen-bond donors (Lipinski definition) is 5. The Hall–Kier alpha value is -5.25. The predicted octanol–water partition coefficient (Wildman–Crippen LogP) is 3.16. The lowest BCUT2D eigenvalue weighted by Gasteiger charge is -2.67. The van der Waals surface area contributed by atoms with Crippen LogP contribution in [0.3, 0.4) is 0 Å². The molecule has 2 saturated carbocycles. The van der Waals surface area contributed by atoms with Crippen LogP contribution in [0, 0.1) is 16.7 Å². The molecular weight excluding hydrogens is 762 g/mol. The van der Waals surface area contributed by atoms with E-state index in [2.05, 4.69) is 5.32 Å². The van der Waals surface area contributed by atoms with E-state index in [0.29, 0.717) is 5.56 Å². The number of aliphatic hydroxyl groups excluding tert-OH is 3. The van der Waals surface area contributed by atoms with E-state index in [9.17, 15) is 44.4 Å². The summed E-state index contributed by atoms with van der Waals surface area (Å²) in [6.45, 7) is 6.89. The third kappa shape index (κ3) is 6.76. The molecule has 1 heterocycles. The van der Waals surface area contributed by atoms with Gasteiger partial charge in [0.1, 0.15) is 30.0 Å². The Bertz CT molecular complexity index is 2160. The summed E-state index contributed by atoms with van der Waals surface area (Å²) in [6, 6.07) is 23.1. The first-order valence-electron chi connectivity index (χ1n) is 19.6. The van der Waals surface area contributed by atoms with E-state index in [4.69, 9.17) is 18.9 Å². The number of nitrogens with one attached hydrogen (secondary N) is 1. The first kappa shape index (κ1) is 41.9. The maximum atomic E-state index is 15.0. The number of Topliss-reactive ketones (excluding diaryl/α,β-unsaturated/α-hetero) is 1. The molecule has 1 saturated heterocycles. The van der Waals surface area contributed by atoms with Crippen molar-refractivity contribution in [3.63, 3.8) is 0 Å². The van der Waals surface area contributed by atoms with E-state index >= 15 is 0 Å². The molecule has 1 amide bonds. The highest BCUT2D eigenvalue weighted by molar-refractivity contribution is 5.95. The smallest absolute Gasteiger partial charge is 0.338 e. The molecule has 1 aliphatic heterocycles. The van der Waals surface area contributed by atoms with Gasteiger partial charge in [-0.15, -0.1) is 0 Å². The van der Waals surface area contributed by atoms with Crippen LogP contribution < -0.4 is 5.32 Å². The number of hydrogen-bond acceptors (Lipinski definition) is 13.